The van der Waals surface area contributed by atoms with Gasteiger partial charge in [0.25, 0.3) is 0 Å². The van der Waals surface area contributed by atoms with Crippen LogP contribution in [0.1, 0.15) is 66.3 Å². The van der Waals surface area contributed by atoms with Gasteiger partial charge in [-0.3, -0.25) is 9.59 Å². The molecule has 1 aromatic heterocycles. The van der Waals surface area contributed by atoms with Crippen molar-refractivity contribution in [3.8, 4) is 0 Å². The number of aryl methyl sites for hydroxylation is 1. The maximum Gasteiger partial charge on any atom is 0.355 e. The van der Waals surface area contributed by atoms with Gasteiger partial charge in [-0.15, -0.1) is 0 Å². The van der Waals surface area contributed by atoms with Crippen LogP contribution in [0.5, 0.6) is 0 Å². The molecule has 0 N–H and O–H groups in total. The zero-order valence-corrected chi connectivity index (χ0v) is 14.9. The number of esters is 1. The molecular formula is C20H25NO4. The standard InChI is InChI=1S/C20H25NO4/c1-12(22)16-6-17(21(2)10-16)19(24)25-11-18(23)20-7-13-3-14(8-20)5-15(4-13)9-20/h6,10,13-15H,3-5,7-9,11H2,1-2H3. The molecule has 0 aliphatic heterocycles. The average molecular weight is 343 g/mol. The first kappa shape index (κ1) is 16.6. The van der Waals surface area contributed by atoms with Crippen molar-refractivity contribution in [2.75, 3.05) is 6.61 Å². The van der Waals surface area contributed by atoms with Crippen LogP contribution in [0.15, 0.2) is 12.3 Å². The lowest BCUT2D eigenvalue weighted by Crippen LogP contribution is -2.51. The smallest absolute Gasteiger partial charge is 0.355 e. The van der Waals surface area contributed by atoms with Crippen LogP contribution in [0.2, 0.25) is 0 Å². The zero-order valence-electron chi connectivity index (χ0n) is 14.9. The van der Waals surface area contributed by atoms with E-state index in [1.54, 1.807) is 17.8 Å². The quantitative estimate of drug-likeness (QED) is 0.608. The van der Waals surface area contributed by atoms with E-state index >= 15 is 0 Å². The predicted octanol–water partition coefficient (Wildman–Crippen LogP) is 3.17. The second kappa shape index (κ2) is 5.82. The van der Waals surface area contributed by atoms with Crippen LogP contribution in [0.4, 0.5) is 0 Å². The summed E-state index contributed by atoms with van der Waals surface area (Å²) in [5.74, 6) is 1.54. The van der Waals surface area contributed by atoms with Gasteiger partial charge in [0, 0.05) is 24.2 Å². The second-order valence-corrected chi connectivity index (χ2v) is 8.48. The number of Topliss-reactive ketones (excluding diaryl/α,β-unsaturated/α-hetero) is 2. The van der Waals surface area contributed by atoms with Gasteiger partial charge in [0.15, 0.2) is 18.2 Å². The molecule has 0 amide bonds. The van der Waals surface area contributed by atoms with Gasteiger partial charge in [0.2, 0.25) is 0 Å². The summed E-state index contributed by atoms with van der Waals surface area (Å²) in [6.45, 7) is 1.31. The first-order valence-corrected chi connectivity index (χ1v) is 9.24. The molecule has 5 rings (SSSR count). The minimum atomic E-state index is -0.534. The Morgan fingerprint density at radius 1 is 1.12 bits per heavy atom. The predicted molar refractivity (Wildman–Crippen MR) is 91.3 cm³/mol. The molecule has 5 nitrogen and oxygen atoms in total. The fourth-order valence-electron chi connectivity index (χ4n) is 5.77. The fraction of sp³-hybridized carbons (Fsp3) is 0.650. The summed E-state index contributed by atoms with van der Waals surface area (Å²) in [6.07, 6.45) is 8.40. The summed E-state index contributed by atoms with van der Waals surface area (Å²) in [6, 6.07) is 1.53. The van der Waals surface area contributed by atoms with Crippen molar-refractivity contribution in [1.29, 1.82) is 0 Å². The molecule has 1 heterocycles. The third kappa shape index (κ3) is 2.83. The van der Waals surface area contributed by atoms with Crippen molar-refractivity contribution in [3.05, 3.63) is 23.5 Å². The van der Waals surface area contributed by atoms with Gasteiger partial charge < -0.3 is 9.30 Å². The number of hydrogen-bond donors (Lipinski definition) is 0. The maximum absolute atomic E-state index is 12.9. The number of rotatable bonds is 5. The van der Waals surface area contributed by atoms with E-state index in [4.69, 9.17) is 4.74 Å². The van der Waals surface area contributed by atoms with Crippen molar-refractivity contribution >= 4 is 17.5 Å². The molecule has 4 bridgehead atoms. The Kier molecular flexibility index (Phi) is 3.85. The molecule has 0 radical (unpaired) electrons. The van der Waals surface area contributed by atoms with Crippen molar-refractivity contribution < 1.29 is 19.1 Å². The lowest BCUT2D eigenvalue weighted by atomic mass is 9.48. The van der Waals surface area contributed by atoms with E-state index in [0.717, 1.165) is 19.3 Å². The number of carbonyl (C=O) groups excluding carboxylic acids is 3. The van der Waals surface area contributed by atoms with Gasteiger partial charge in [-0.25, -0.2) is 4.79 Å². The molecular weight excluding hydrogens is 318 g/mol. The molecule has 0 unspecified atom stereocenters. The molecule has 4 saturated carbocycles. The summed E-state index contributed by atoms with van der Waals surface area (Å²) in [5.41, 5.74) is 0.540. The molecule has 25 heavy (non-hydrogen) atoms. The number of ketones is 2. The Labute approximate surface area is 147 Å². The lowest BCUT2D eigenvalue weighted by Gasteiger charge is -2.55. The molecule has 0 spiro atoms. The van der Waals surface area contributed by atoms with Gasteiger partial charge >= 0.3 is 5.97 Å². The van der Waals surface area contributed by atoms with E-state index in [2.05, 4.69) is 0 Å². The Morgan fingerprint density at radius 2 is 1.68 bits per heavy atom. The SMILES string of the molecule is CC(=O)c1cc(C(=O)OCC(=O)C23CC4CC(CC(C4)C2)C3)n(C)c1. The van der Waals surface area contributed by atoms with Crippen LogP contribution in [0.3, 0.4) is 0 Å². The Hall–Kier alpha value is -1.91. The fourth-order valence-corrected chi connectivity index (χ4v) is 5.77. The van der Waals surface area contributed by atoms with Gasteiger partial charge in [-0.1, -0.05) is 0 Å². The molecule has 0 saturated heterocycles. The number of ether oxygens (including phenoxy) is 1. The first-order chi connectivity index (χ1) is 11.9. The molecule has 0 atom stereocenters. The summed E-state index contributed by atoms with van der Waals surface area (Å²) in [4.78, 5) is 36.7. The van der Waals surface area contributed by atoms with Crippen LogP contribution >= 0.6 is 0 Å². The molecule has 1 aromatic rings. The Morgan fingerprint density at radius 3 is 2.16 bits per heavy atom. The van der Waals surface area contributed by atoms with Gasteiger partial charge in [0.05, 0.1) is 0 Å². The number of carbonyl (C=O) groups is 3. The van der Waals surface area contributed by atoms with Crippen LogP contribution < -0.4 is 0 Å². The van der Waals surface area contributed by atoms with Gasteiger partial charge in [-0.05, 0) is 69.3 Å². The number of aromatic nitrogens is 1. The molecule has 4 aliphatic carbocycles. The van der Waals surface area contributed by atoms with Crippen molar-refractivity contribution in [2.45, 2.75) is 45.4 Å². The Balaban J connectivity index is 1.42. The minimum absolute atomic E-state index is 0.0979. The maximum atomic E-state index is 12.9. The zero-order chi connectivity index (χ0) is 17.8. The molecule has 4 aliphatic rings. The normalized spacial score (nSPS) is 32.6. The summed E-state index contributed by atoms with van der Waals surface area (Å²) < 4.78 is 6.91. The number of hydrogen-bond acceptors (Lipinski definition) is 4. The molecule has 0 aromatic carbocycles. The third-order valence-corrected chi connectivity index (χ3v) is 6.58. The highest BCUT2D eigenvalue weighted by Gasteiger charge is 2.54. The molecule has 4 fully saturated rings. The van der Waals surface area contributed by atoms with Crippen molar-refractivity contribution in [1.82, 2.24) is 4.57 Å². The summed E-state index contributed by atoms with van der Waals surface area (Å²) in [7, 11) is 1.70. The highest BCUT2D eigenvalue weighted by atomic mass is 16.5. The first-order valence-electron chi connectivity index (χ1n) is 9.24. The number of nitrogens with zero attached hydrogens (tertiary/aromatic N) is 1. The van der Waals surface area contributed by atoms with Gasteiger partial charge in [-0.2, -0.15) is 0 Å². The lowest BCUT2D eigenvalue weighted by molar-refractivity contribution is -0.147. The van der Waals surface area contributed by atoms with Crippen molar-refractivity contribution in [2.24, 2.45) is 30.2 Å². The summed E-state index contributed by atoms with van der Waals surface area (Å²) >= 11 is 0. The van der Waals surface area contributed by atoms with E-state index < -0.39 is 5.97 Å². The Bertz CT molecular complexity index is 710. The topological polar surface area (TPSA) is 65.4 Å². The van der Waals surface area contributed by atoms with E-state index in [1.807, 2.05) is 0 Å². The molecule has 134 valence electrons. The highest BCUT2D eigenvalue weighted by Crippen LogP contribution is 2.60. The third-order valence-electron chi connectivity index (χ3n) is 6.58. The van der Waals surface area contributed by atoms with Crippen LogP contribution in [-0.2, 0) is 16.6 Å². The summed E-state index contributed by atoms with van der Waals surface area (Å²) in [5, 5.41) is 0. The average Bonchev–Trinajstić information content (AvgIpc) is 2.93. The van der Waals surface area contributed by atoms with Crippen LogP contribution in [0.25, 0.3) is 0 Å². The second-order valence-electron chi connectivity index (χ2n) is 8.48. The van der Waals surface area contributed by atoms with E-state index in [9.17, 15) is 14.4 Å². The van der Waals surface area contributed by atoms with Crippen molar-refractivity contribution in [3.63, 3.8) is 0 Å². The van der Waals surface area contributed by atoms with E-state index in [0.29, 0.717) is 29.0 Å². The monoisotopic (exact) mass is 343 g/mol. The minimum Gasteiger partial charge on any atom is -0.453 e. The van der Waals surface area contributed by atoms with Gasteiger partial charge in [0.1, 0.15) is 5.69 Å². The largest absolute Gasteiger partial charge is 0.453 e. The van der Waals surface area contributed by atoms with E-state index in [1.165, 1.54) is 32.3 Å². The molecule has 5 heteroatoms. The van der Waals surface area contributed by atoms with Crippen LogP contribution in [0, 0.1) is 23.2 Å². The highest BCUT2D eigenvalue weighted by molar-refractivity contribution is 5.98. The van der Waals surface area contributed by atoms with E-state index in [-0.39, 0.29) is 23.6 Å². The van der Waals surface area contributed by atoms with Crippen LogP contribution in [-0.4, -0.2) is 28.7 Å².